The van der Waals surface area contributed by atoms with Gasteiger partial charge in [-0.1, -0.05) is 0 Å². The van der Waals surface area contributed by atoms with E-state index in [9.17, 15) is 12.8 Å². The number of hydrogen-bond donors (Lipinski definition) is 2. The molecule has 8 heteroatoms. The third kappa shape index (κ3) is 3.40. The van der Waals surface area contributed by atoms with Crippen LogP contribution in [0.2, 0.25) is 0 Å². The Bertz CT molecular complexity index is 750. The molecule has 2 aromatic rings. The molecule has 0 unspecified atom stereocenters. The van der Waals surface area contributed by atoms with Crippen LogP contribution >= 0.6 is 0 Å². The molecule has 0 saturated heterocycles. The van der Waals surface area contributed by atoms with E-state index in [1.165, 1.54) is 30.5 Å². The highest BCUT2D eigenvalue weighted by Gasteiger charge is 2.18. The van der Waals surface area contributed by atoms with Gasteiger partial charge in [-0.25, -0.2) is 17.8 Å². The first kappa shape index (κ1) is 15.0. The van der Waals surface area contributed by atoms with Crippen molar-refractivity contribution in [2.24, 2.45) is 0 Å². The van der Waals surface area contributed by atoms with Crippen molar-refractivity contribution >= 4 is 21.5 Å². The normalized spacial score (nSPS) is 11.1. The minimum atomic E-state index is -3.93. The van der Waals surface area contributed by atoms with Gasteiger partial charge in [0.25, 0.3) is 10.0 Å². The van der Waals surface area contributed by atoms with E-state index in [2.05, 4.69) is 9.71 Å². The largest absolute Gasteiger partial charge is 0.491 e. The zero-order valence-electron chi connectivity index (χ0n) is 11.2. The number of nitrogens with two attached hydrogens (primary N) is 1. The lowest BCUT2D eigenvalue weighted by Crippen LogP contribution is -2.15. The maximum atomic E-state index is 13.7. The third-order valence-electron chi connectivity index (χ3n) is 2.57. The van der Waals surface area contributed by atoms with Crippen LogP contribution in [0.25, 0.3) is 0 Å². The second-order valence-corrected chi connectivity index (χ2v) is 5.72. The van der Waals surface area contributed by atoms with Crippen molar-refractivity contribution in [1.82, 2.24) is 4.98 Å². The van der Waals surface area contributed by atoms with E-state index >= 15 is 0 Å². The molecule has 0 aliphatic carbocycles. The smallest absolute Gasteiger partial charge is 0.265 e. The Morgan fingerprint density at radius 1 is 1.38 bits per heavy atom. The van der Waals surface area contributed by atoms with Crippen molar-refractivity contribution in [3.63, 3.8) is 0 Å². The molecule has 3 N–H and O–H groups in total. The van der Waals surface area contributed by atoms with Crippen LogP contribution in [0.5, 0.6) is 5.75 Å². The number of hydrogen-bond acceptors (Lipinski definition) is 5. The van der Waals surface area contributed by atoms with Gasteiger partial charge in [0.1, 0.15) is 10.7 Å². The second kappa shape index (κ2) is 5.96. The van der Waals surface area contributed by atoms with Crippen LogP contribution in [0.15, 0.2) is 41.4 Å². The molecule has 1 aromatic carbocycles. The summed E-state index contributed by atoms with van der Waals surface area (Å²) in [6, 6.07) is 6.55. The number of halogens is 1. The van der Waals surface area contributed by atoms with Crippen LogP contribution in [-0.2, 0) is 10.0 Å². The predicted molar refractivity (Wildman–Crippen MR) is 77.0 cm³/mol. The number of nitrogens with zero attached hydrogens (tertiary/aromatic N) is 1. The van der Waals surface area contributed by atoms with Gasteiger partial charge in [-0.05, 0) is 31.2 Å². The van der Waals surface area contributed by atoms with Crippen LogP contribution < -0.4 is 15.2 Å². The standard InChI is InChI=1S/C13H14FN3O3S/c1-2-20-11-6-5-9(8-10(11)14)17-21(18,19)12-4-3-7-16-13(12)15/h3-8,17H,2H2,1H3,(H2,15,16). The van der Waals surface area contributed by atoms with E-state index in [0.717, 1.165) is 6.07 Å². The summed E-state index contributed by atoms with van der Waals surface area (Å²) < 4.78 is 45.3. The Kier molecular flexibility index (Phi) is 4.27. The molecule has 1 aromatic heterocycles. The Labute approximate surface area is 121 Å². The molecule has 112 valence electrons. The van der Waals surface area contributed by atoms with Gasteiger partial charge in [0.2, 0.25) is 0 Å². The van der Waals surface area contributed by atoms with Gasteiger partial charge < -0.3 is 10.5 Å². The maximum Gasteiger partial charge on any atom is 0.265 e. The van der Waals surface area contributed by atoms with E-state index in [-0.39, 0.29) is 22.2 Å². The summed E-state index contributed by atoms with van der Waals surface area (Å²) in [5.41, 5.74) is 5.60. The zero-order chi connectivity index (χ0) is 15.5. The quantitative estimate of drug-likeness (QED) is 0.880. The topological polar surface area (TPSA) is 94.3 Å². The van der Waals surface area contributed by atoms with Crippen molar-refractivity contribution in [2.45, 2.75) is 11.8 Å². The number of aromatic nitrogens is 1. The summed E-state index contributed by atoms with van der Waals surface area (Å²) in [7, 11) is -3.93. The van der Waals surface area contributed by atoms with Crippen LogP contribution in [0, 0.1) is 5.82 Å². The van der Waals surface area contributed by atoms with Gasteiger partial charge in [0.15, 0.2) is 11.6 Å². The molecule has 6 nitrogen and oxygen atoms in total. The summed E-state index contributed by atoms with van der Waals surface area (Å²) in [6.07, 6.45) is 1.38. The maximum absolute atomic E-state index is 13.7. The molecule has 21 heavy (non-hydrogen) atoms. The number of pyridine rings is 1. The lowest BCUT2D eigenvalue weighted by Gasteiger charge is -2.11. The van der Waals surface area contributed by atoms with Crippen LogP contribution in [-0.4, -0.2) is 20.0 Å². The molecule has 0 spiro atoms. The molecule has 1 heterocycles. The summed E-state index contributed by atoms with van der Waals surface area (Å²) in [6.45, 7) is 2.04. The van der Waals surface area contributed by atoms with Gasteiger partial charge in [0.05, 0.1) is 12.3 Å². The summed E-state index contributed by atoms with van der Waals surface area (Å²) in [5, 5.41) is 0. The molecule has 0 radical (unpaired) electrons. The highest BCUT2D eigenvalue weighted by Crippen LogP contribution is 2.24. The Morgan fingerprint density at radius 3 is 2.76 bits per heavy atom. The first-order chi connectivity index (χ1) is 9.94. The van der Waals surface area contributed by atoms with E-state index < -0.39 is 15.8 Å². The number of ether oxygens (including phenoxy) is 1. The van der Waals surface area contributed by atoms with Crippen molar-refractivity contribution in [3.8, 4) is 5.75 Å². The van der Waals surface area contributed by atoms with Crippen LogP contribution in [0.1, 0.15) is 6.92 Å². The summed E-state index contributed by atoms with van der Waals surface area (Å²) >= 11 is 0. The minimum Gasteiger partial charge on any atom is -0.491 e. The Hall–Kier alpha value is -2.35. The molecule has 0 fully saturated rings. The number of nitrogen functional groups attached to an aromatic ring is 1. The zero-order valence-corrected chi connectivity index (χ0v) is 12.0. The molecular weight excluding hydrogens is 297 g/mol. The number of nitrogens with one attached hydrogen (secondary N) is 1. The molecule has 0 atom stereocenters. The minimum absolute atomic E-state index is 0.0568. The van der Waals surface area contributed by atoms with Gasteiger partial charge in [0, 0.05) is 12.3 Å². The Balaban J connectivity index is 2.29. The summed E-state index contributed by atoms with van der Waals surface area (Å²) in [4.78, 5) is 3.54. The van der Waals surface area contributed by atoms with Gasteiger partial charge >= 0.3 is 0 Å². The third-order valence-corrected chi connectivity index (χ3v) is 4.00. The summed E-state index contributed by atoms with van der Waals surface area (Å²) in [5.74, 6) is -0.728. The van der Waals surface area contributed by atoms with Crippen molar-refractivity contribution in [2.75, 3.05) is 17.1 Å². The lowest BCUT2D eigenvalue weighted by molar-refractivity contribution is 0.321. The first-order valence-corrected chi connectivity index (χ1v) is 7.58. The second-order valence-electron chi connectivity index (χ2n) is 4.07. The number of benzene rings is 1. The number of rotatable bonds is 5. The van der Waals surface area contributed by atoms with Crippen LogP contribution in [0.3, 0.4) is 0 Å². The van der Waals surface area contributed by atoms with Crippen molar-refractivity contribution in [1.29, 1.82) is 0 Å². The van der Waals surface area contributed by atoms with E-state index in [1.807, 2.05) is 0 Å². The van der Waals surface area contributed by atoms with Crippen molar-refractivity contribution in [3.05, 3.63) is 42.3 Å². The average molecular weight is 311 g/mol. The number of sulfonamides is 1. The van der Waals surface area contributed by atoms with Crippen LogP contribution in [0.4, 0.5) is 15.9 Å². The highest BCUT2D eigenvalue weighted by atomic mass is 32.2. The highest BCUT2D eigenvalue weighted by molar-refractivity contribution is 7.92. The fourth-order valence-corrected chi connectivity index (χ4v) is 2.81. The molecule has 0 bridgehead atoms. The molecule has 0 aliphatic rings. The van der Waals surface area contributed by atoms with E-state index in [4.69, 9.17) is 10.5 Å². The fraction of sp³-hybridized carbons (Fsp3) is 0.154. The molecule has 0 aliphatic heterocycles. The van der Waals surface area contributed by atoms with E-state index in [0.29, 0.717) is 6.61 Å². The van der Waals surface area contributed by atoms with Gasteiger partial charge in [-0.3, -0.25) is 4.72 Å². The van der Waals surface area contributed by atoms with Crippen molar-refractivity contribution < 1.29 is 17.5 Å². The predicted octanol–water partition coefficient (Wildman–Crippen LogP) is 2.00. The average Bonchev–Trinajstić information content (AvgIpc) is 2.42. The Morgan fingerprint density at radius 2 is 2.14 bits per heavy atom. The first-order valence-electron chi connectivity index (χ1n) is 6.09. The van der Waals surface area contributed by atoms with Gasteiger partial charge in [-0.15, -0.1) is 0 Å². The molecule has 0 saturated carbocycles. The number of anilines is 2. The SMILES string of the molecule is CCOc1ccc(NS(=O)(=O)c2cccnc2N)cc1F. The molecular formula is C13H14FN3O3S. The molecule has 0 amide bonds. The van der Waals surface area contributed by atoms with E-state index in [1.54, 1.807) is 6.92 Å². The lowest BCUT2D eigenvalue weighted by atomic mass is 10.3. The van der Waals surface area contributed by atoms with Gasteiger partial charge in [-0.2, -0.15) is 0 Å². The molecule has 2 rings (SSSR count). The fourth-order valence-electron chi connectivity index (χ4n) is 1.68. The monoisotopic (exact) mass is 311 g/mol.